The summed E-state index contributed by atoms with van der Waals surface area (Å²) >= 11 is 0. The highest BCUT2D eigenvalue weighted by molar-refractivity contribution is 5.95. The third kappa shape index (κ3) is 4.80. The molecule has 1 atom stereocenters. The van der Waals surface area contributed by atoms with Gasteiger partial charge in [0.2, 0.25) is 5.91 Å². The van der Waals surface area contributed by atoms with E-state index in [1.807, 2.05) is 20.8 Å². The standard InChI is InChI=1S/C13H23N3O4/c1-12(2,3)15-11(20)14-9(17)7-16-6-5-13(4,8-16)10(18)19/h5-8H2,1-4H3,(H,18,19)(H2,14,15,17,20). The van der Waals surface area contributed by atoms with Crippen LogP contribution in [0, 0.1) is 5.41 Å². The monoisotopic (exact) mass is 285 g/mol. The van der Waals surface area contributed by atoms with E-state index in [4.69, 9.17) is 5.11 Å². The Balaban J connectivity index is 2.41. The van der Waals surface area contributed by atoms with Crippen molar-refractivity contribution in [1.29, 1.82) is 0 Å². The van der Waals surface area contributed by atoms with Gasteiger partial charge in [-0.1, -0.05) is 0 Å². The third-order valence-electron chi connectivity index (χ3n) is 3.18. The van der Waals surface area contributed by atoms with E-state index in [2.05, 4.69) is 10.6 Å². The van der Waals surface area contributed by atoms with Crippen LogP contribution in [0.1, 0.15) is 34.1 Å². The van der Waals surface area contributed by atoms with Gasteiger partial charge in [0.1, 0.15) is 0 Å². The van der Waals surface area contributed by atoms with Crippen LogP contribution in [-0.2, 0) is 9.59 Å². The molecule has 0 bridgehead atoms. The second-order valence-corrected chi connectivity index (χ2v) is 6.58. The van der Waals surface area contributed by atoms with Gasteiger partial charge in [-0.05, 0) is 40.7 Å². The number of rotatable bonds is 3. The number of aliphatic carboxylic acids is 1. The second-order valence-electron chi connectivity index (χ2n) is 6.58. The van der Waals surface area contributed by atoms with Crippen molar-refractivity contribution in [3.8, 4) is 0 Å². The Morgan fingerprint density at radius 2 is 1.90 bits per heavy atom. The van der Waals surface area contributed by atoms with Gasteiger partial charge in [0.15, 0.2) is 0 Å². The maximum Gasteiger partial charge on any atom is 0.321 e. The summed E-state index contributed by atoms with van der Waals surface area (Å²) in [5.41, 5.74) is -1.23. The SMILES string of the molecule is CC(C)(C)NC(=O)NC(=O)CN1CCC(C)(C(=O)O)C1. The maximum atomic E-state index is 11.7. The second kappa shape index (κ2) is 5.78. The molecule has 1 aliphatic heterocycles. The number of urea groups is 1. The van der Waals surface area contributed by atoms with Crippen molar-refractivity contribution < 1.29 is 19.5 Å². The highest BCUT2D eigenvalue weighted by Gasteiger charge is 2.40. The van der Waals surface area contributed by atoms with Crippen molar-refractivity contribution in [2.75, 3.05) is 19.6 Å². The molecular formula is C13H23N3O4. The van der Waals surface area contributed by atoms with Crippen molar-refractivity contribution in [3.05, 3.63) is 0 Å². The number of nitrogens with zero attached hydrogens (tertiary/aromatic N) is 1. The third-order valence-corrected chi connectivity index (χ3v) is 3.18. The molecule has 1 fully saturated rings. The van der Waals surface area contributed by atoms with Gasteiger partial charge in [-0.15, -0.1) is 0 Å². The summed E-state index contributed by atoms with van der Waals surface area (Å²) < 4.78 is 0. The Kier molecular flexibility index (Phi) is 4.75. The average Bonchev–Trinajstić information content (AvgIpc) is 2.57. The van der Waals surface area contributed by atoms with E-state index in [-0.39, 0.29) is 6.54 Å². The Morgan fingerprint density at radius 1 is 1.30 bits per heavy atom. The lowest BCUT2D eigenvalue weighted by Gasteiger charge is -2.22. The van der Waals surface area contributed by atoms with Crippen LogP contribution in [0.2, 0.25) is 0 Å². The van der Waals surface area contributed by atoms with E-state index in [1.54, 1.807) is 11.8 Å². The zero-order valence-electron chi connectivity index (χ0n) is 12.4. The summed E-state index contributed by atoms with van der Waals surface area (Å²) in [6.45, 7) is 8.00. The van der Waals surface area contributed by atoms with E-state index in [0.717, 1.165) is 0 Å². The van der Waals surface area contributed by atoms with Gasteiger partial charge in [-0.25, -0.2) is 4.79 Å². The molecule has 1 heterocycles. The average molecular weight is 285 g/mol. The van der Waals surface area contributed by atoms with Gasteiger partial charge in [0, 0.05) is 12.1 Å². The van der Waals surface area contributed by atoms with E-state index in [0.29, 0.717) is 19.5 Å². The summed E-state index contributed by atoms with van der Waals surface area (Å²) in [6, 6.07) is -0.539. The Hall–Kier alpha value is -1.63. The lowest BCUT2D eigenvalue weighted by atomic mass is 9.90. The summed E-state index contributed by atoms with van der Waals surface area (Å²) in [5, 5.41) is 14.0. The van der Waals surface area contributed by atoms with E-state index < -0.39 is 28.9 Å². The lowest BCUT2D eigenvalue weighted by Crippen LogP contribution is -2.50. The molecule has 114 valence electrons. The van der Waals surface area contributed by atoms with Crippen LogP contribution in [0.5, 0.6) is 0 Å². The van der Waals surface area contributed by atoms with Crippen molar-refractivity contribution in [2.24, 2.45) is 5.41 Å². The van der Waals surface area contributed by atoms with Gasteiger partial charge < -0.3 is 10.4 Å². The topological polar surface area (TPSA) is 98.7 Å². The molecule has 3 N–H and O–H groups in total. The number of carbonyl (C=O) groups is 3. The number of hydrogen-bond donors (Lipinski definition) is 3. The zero-order valence-corrected chi connectivity index (χ0v) is 12.4. The first-order valence-corrected chi connectivity index (χ1v) is 6.60. The largest absolute Gasteiger partial charge is 0.481 e. The number of carboxylic acids is 1. The zero-order chi connectivity index (χ0) is 15.6. The lowest BCUT2D eigenvalue weighted by molar-refractivity contribution is -0.147. The summed E-state index contributed by atoms with van der Waals surface area (Å²) in [5.74, 6) is -1.28. The van der Waals surface area contributed by atoms with Crippen LogP contribution in [0.15, 0.2) is 0 Å². The van der Waals surface area contributed by atoms with E-state index in [1.165, 1.54) is 0 Å². The number of imide groups is 1. The smallest absolute Gasteiger partial charge is 0.321 e. The molecule has 3 amide bonds. The minimum absolute atomic E-state index is 0.0282. The number of carboxylic acid groups (broad SMARTS) is 1. The van der Waals surface area contributed by atoms with Crippen LogP contribution < -0.4 is 10.6 Å². The predicted octanol–water partition coefficient (Wildman–Crippen LogP) is 0.407. The van der Waals surface area contributed by atoms with Crippen LogP contribution >= 0.6 is 0 Å². The molecule has 1 aliphatic rings. The van der Waals surface area contributed by atoms with Crippen LogP contribution in [0.4, 0.5) is 4.79 Å². The predicted molar refractivity (Wildman–Crippen MR) is 73.2 cm³/mol. The normalized spacial score (nSPS) is 23.4. The fraction of sp³-hybridized carbons (Fsp3) is 0.769. The molecule has 1 unspecified atom stereocenters. The van der Waals surface area contributed by atoms with Gasteiger partial charge >= 0.3 is 12.0 Å². The fourth-order valence-corrected chi connectivity index (χ4v) is 2.11. The van der Waals surface area contributed by atoms with E-state index >= 15 is 0 Å². The molecular weight excluding hydrogens is 262 g/mol. The number of likely N-dealkylation sites (tertiary alicyclic amines) is 1. The fourth-order valence-electron chi connectivity index (χ4n) is 2.11. The molecule has 20 heavy (non-hydrogen) atoms. The molecule has 1 saturated heterocycles. The highest BCUT2D eigenvalue weighted by Crippen LogP contribution is 2.29. The molecule has 0 aliphatic carbocycles. The van der Waals surface area contributed by atoms with Gasteiger partial charge in [-0.2, -0.15) is 0 Å². The van der Waals surface area contributed by atoms with Crippen LogP contribution in [0.3, 0.4) is 0 Å². The number of amides is 3. The van der Waals surface area contributed by atoms with Gasteiger partial charge in [0.25, 0.3) is 0 Å². The summed E-state index contributed by atoms with van der Waals surface area (Å²) in [7, 11) is 0. The Labute approximate surface area is 118 Å². The summed E-state index contributed by atoms with van der Waals surface area (Å²) in [4.78, 5) is 36.1. The van der Waals surface area contributed by atoms with Crippen molar-refractivity contribution in [1.82, 2.24) is 15.5 Å². The first kappa shape index (κ1) is 16.4. The van der Waals surface area contributed by atoms with Gasteiger partial charge in [0.05, 0.1) is 12.0 Å². The first-order chi connectivity index (χ1) is 9.02. The molecule has 7 nitrogen and oxygen atoms in total. The van der Waals surface area contributed by atoms with Crippen molar-refractivity contribution in [2.45, 2.75) is 39.7 Å². The Morgan fingerprint density at radius 3 is 2.35 bits per heavy atom. The number of hydrogen-bond acceptors (Lipinski definition) is 4. The molecule has 0 aromatic heterocycles. The number of carbonyl (C=O) groups excluding carboxylic acids is 2. The minimum Gasteiger partial charge on any atom is -0.481 e. The summed E-state index contributed by atoms with van der Waals surface area (Å²) in [6.07, 6.45) is 0.504. The molecule has 0 spiro atoms. The van der Waals surface area contributed by atoms with Crippen molar-refractivity contribution in [3.63, 3.8) is 0 Å². The quantitative estimate of drug-likeness (QED) is 0.697. The molecule has 0 aromatic carbocycles. The maximum absolute atomic E-state index is 11.7. The van der Waals surface area contributed by atoms with E-state index in [9.17, 15) is 14.4 Å². The number of nitrogens with one attached hydrogen (secondary N) is 2. The molecule has 7 heteroatoms. The molecule has 0 radical (unpaired) electrons. The molecule has 1 rings (SSSR count). The van der Waals surface area contributed by atoms with Gasteiger partial charge in [-0.3, -0.25) is 19.8 Å². The molecule has 0 aromatic rings. The van der Waals surface area contributed by atoms with Crippen molar-refractivity contribution >= 4 is 17.9 Å². The minimum atomic E-state index is -0.856. The molecule has 0 saturated carbocycles. The highest BCUT2D eigenvalue weighted by atomic mass is 16.4. The van der Waals surface area contributed by atoms with Crippen LogP contribution in [-0.4, -0.2) is 53.1 Å². The Bertz CT molecular complexity index is 416. The van der Waals surface area contributed by atoms with Crippen LogP contribution in [0.25, 0.3) is 0 Å². The first-order valence-electron chi connectivity index (χ1n) is 6.60.